The summed E-state index contributed by atoms with van der Waals surface area (Å²) in [6.45, 7) is 9.19. The molecule has 0 bridgehead atoms. The van der Waals surface area contributed by atoms with Crippen LogP contribution >= 0.6 is 0 Å². The summed E-state index contributed by atoms with van der Waals surface area (Å²) in [5.41, 5.74) is 2.44. The SMILES string of the molecule is COc1ccc2[nH]c3c(c2c1)C[C@@]1(C)C(=O)N(CCCNC(C)(C)C)C(=O)N1C3c1cccc(O)c1. The highest BCUT2D eigenvalue weighted by Gasteiger charge is 2.60. The number of fused-ring (bicyclic) bond motifs is 4. The summed E-state index contributed by atoms with van der Waals surface area (Å²) >= 11 is 0. The number of nitrogens with one attached hydrogen (secondary N) is 2. The van der Waals surface area contributed by atoms with Crippen molar-refractivity contribution in [3.63, 3.8) is 0 Å². The number of benzene rings is 2. The topological polar surface area (TPSA) is 97.9 Å². The van der Waals surface area contributed by atoms with Crippen LogP contribution in [0.1, 0.15) is 57.0 Å². The first-order chi connectivity index (χ1) is 17.0. The molecular weight excluding hydrogens is 456 g/mol. The molecule has 2 atom stereocenters. The zero-order valence-corrected chi connectivity index (χ0v) is 21.5. The molecule has 0 aliphatic carbocycles. The van der Waals surface area contributed by atoms with Crippen molar-refractivity contribution in [2.75, 3.05) is 20.2 Å². The predicted molar refractivity (Wildman–Crippen MR) is 138 cm³/mol. The second kappa shape index (κ2) is 8.55. The van der Waals surface area contributed by atoms with E-state index in [4.69, 9.17) is 4.74 Å². The Morgan fingerprint density at radius 1 is 1.19 bits per heavy atom. The number of phenolic OH excluding ortho intramolecular Hbond substituents is 1. The smallest absolute Gasteiger partial charge is 0.328 e. The Bertz CT molecular complexity index is 1340. The molecule has 1 unspecified atom stereocenters. The van der Waals surface area contributed by atoms with E-state index in [1.165, 1.54) is 4.90 Å². The first kappa shape index (κ1) is 24.2. The minimum absolute atomic E-state index is 0.0340. The van der Waals surface area contributed by atoms with Gasteiger partial charge in [-0.15, -0.1) is 0 Å². The van der Waals surface area contributed by atoms with Gasteiger partial charge in [-0.25, -0.2) is 4.79 Å². The molecule has 3 aromatic rings. The number of imide groups is 1. The molecule has 2 aliphatic rings. The molecule has 8 nitrogen and oxygen atoms in total. The van der Waals surface area contributed by atoms with Gasteiger partial charge in [-0.05, 0) is 82.1 Å². The average molecular weight is 491 g/mol. The van der Waals surface area contributed by atoms with E-state index in [2.05, 4.69) is 31.1 Å². The van der Waals surface area contributed by atoms with Crippen molar-refractivity contribution < 1.29 is 19.4 Å². The number of aromatic nitrogens is 1. The van der Waals surface area contributed by atoms with Crippen molar-refractivity contribution in [1.82, 2.24) is 20.1 Å². The number of amides is 3. The van der Waals surface area contributed by atoms with Gasteiger partial charge in [0.15, 0.2) is 0 Å². The fraction of sp³-hybridized carbons (Fsp3) is 0.429. The summed E-state index contributed by atoms with van der Waals surface area (Å²) in [6, 6.07) is 11.9. The third-order valence-corrected chi connectivity index (χ3v) is 7.27. The minimum Gasteiger partial charge on any atom is -0.508 e. The van der Waals surface area contributed by atoms with Gasteiger partial charge >= 0.3 is 6.03 Å². The van der Waals surface area contributed by atoms with Crippen LogP contribution in [-0.2, 0) is 11.2 Å². The molecule has 2 aromatic carbocycles. The molecule has 0 saturated carbocycles. The van der Waals surface area contributed by atoms with Crippen LogP contribution in [0.25, 0.3) is 10.9 Å². The van der Waals surface area contributed by atoms with Crippen LogP contribution in [-0.4, -0.2) is 63.1 Å². The lowest BCUT2D eigenvalue weighted by Gasteiger charge is -2.42. The third-order valence-electron chi connectivity index (χ3n) is 7.27. The van der Waals surface area contributed by atoms with Crippen LogP contribution in [0.2, 0.25) is 0 Å². The van der Waals surface area contributed by atoms with Crippen molar-refractivity contribution in [3.05, 3.63) is 59.3 Å². The van der Waals surface area contributed by atoms with Gasteiger partial charge in [0.25, 0.3) is 5.91 Å². The van der Waals surface area contributed by atoms with Gasteiger partial charge in [0.05, 0.1) is 7.11 Å². The second-order valence-corrected chi connectivity index (χ2v) is 11.0. The number of H-pyrrole nitrogens is 1. The predicted octanol–water partition coefficient (Wildman–Crippen LogP) is 4.33. The Kier molecular flexibility index (Phi) is 5.75. The maximum atomic E-state index is 13.9. The van der Waals surface area contributed by atoms with Crippen LogP contribution in [0.4, 0.5) is 4.79 Å². The Balaban J connectivity index is 1.59. The molecule has 190 valence electrons. The highest BCUT2D eigenvalue weighted by atomic mass is 16.5. The number of nitrogens with zero attached hydrogens (tertiary/aromatic N) is 2. The maximum Gasteiger partial charge on any atom is 0.328 e. The Labute approximate surface area is 211 Å². The Morgan fingerprint density at radius 2 is 1.97 bits per heavy atom. The number of hydrogen-bond acceptors (Lipinski definition) is 5. The van der Waals surface area contributed by atoms with Crippen molar-refractivity contribution in [2.24, 2.45) is 0 Å². The number of hydrogen-bond donors (Lipinski definition) is 3. The van der Waals surface area contributed by atoms with Gasteiger partial charge in [-0.1, -0.05) is 12.1 Å². The average Bonchev–Trinajstić information content (AvgIpc) is 3.26. The van der Waals surface area contributed by atoms with Gasteiger partial charge in [-0.2, -0.15) is 0 Å². The Morgan fingerprint density at radius 3 is 2.67 bits per heavy atom. The molecule has 2 aliphatic heterocycles. The number of carbonyl (C=O) groups excluding carboxylic acids is 2. The molecule has 1 fully saturated rings. The lowest BCUT2D eigenvalue weighted by atomic mass is 9.81. The van der Waals surface area contributed by atoms with Gasteiger partial charge in [0, 0.05) is 35.1 Å². The number of rotatable bonds is 6. The van der Waals surface area contributed by atoms with E-state index >= 15 is 0 Å². The first-order valence-electron chi connectivity index (χ1n) is 12.4. The van der Waals surface area contributed by atoms with Crippen molar-refractivity contribution >= 4 is 22.8 Å². The number of methoxy groups -OCH3 is 1. The van der Waals surface area contributed by atoms with Crippen LogP contribution in [0.5, 0.6) is 11.5 Å². The molecule has 36 heavy (non-hydrogen) atoms. The zero-order chi connectivity index (χ0) is 25.8. The van der Waals surface area contributed by atoms with Gasteiger partial charge in [0.2, 0.25) is 0 Å². The van der Waals surface area contributed by atoms with E-state index in [1.807, 2.05) is 31.2 Å². The molecule has 0 radical (unpaired) electrons. The fourth-order valence-electron chi connectivity index (χ4n) is 5.56. The van der Waals surface area contributed by atoms with Gasteiger partial charge in [-0.3, -0.25) is 14.6 Å². The van der Waals surface area contributed by atoms with Crippen LogP contribution in [0.3, 0.4) is 0 Å². The van der Waals surface area contributed by atoms with Crippen molar-refractivity contribution in [1.29, 1.82) is 0 Å². The molecule has 8 heteroatoms. The minimum atomic E-state index is -1.05. The summed E-state index contributed by atoms with van der Waals surface area (Å²) in [5.74, 6) is 0.658. The van der Waals surface area contributed by atoms with Gasteiger partial charge in [0.1, 0.15) is 23.1 Å². The summed E-state index contributed by atoms with van der Waals surface area (Å²) in [7, 11) is 1.63. The molecular formula is C28H34N4O4. The molecule has 1 saturated heterocycles. The number of aromatic amines is 1. The summed E-state index contributed by atoms with van der Waals surface area (Å²) in [5, 5.41) is 14.7. The Hall–Kier alpha value is -3.52. The second-order valence-electron chi connectivity index (χ2n) is 11.0. The number of ether oxygens (including phenoxy) is 1. The molecule has 0 spiro atoms. The van der Waals surface area contributed by atoms with E-state index in [9.17, 15) is 14.7 Å². The van der Waals surface area contributed by atoms with E-state index in [0.717, 1.165) is 33.5 Å². The van der Waals surface area contributed by atoms with Crippen LogP contribution in [0.15, 0.2) is 42.5 Å². The van der Waals surface area contributed by atoms with Crippen molar-refractivity contribution in [3.8, 4) is 11.5 Å². The molecule has 1 aromatic heterocycles. The number of phenols is 1. The van der Waals surface area contributed by atoms with Crippen LogP contribution < -0.4 is 10.1 Å². The summed E-state index contributed by atoms with van der Waals surface area (Å²) in [4.78, 5) is 34.3. The standard InChI is InChI=1S/C28H34N4O4/c1-27(2,3)29-12-7-13-31-25(34)28(4)16-21-20-15-19(36-5)10-11-22(20)30-23(21)24(32(28)26(31)35)17-8-6-9-18(33)14-17/h6,8-11,14-15,24,29-30,33H,7,12-13,16H2,1-5H3/t24?,28-/m0/s1. The fourth-order valence-corrected chi connectivity index (χ4v) is 5.56. The lowest BCUT2D eigenvalue weighted by Crippen LogP contribution is -2.53. The molecule has 3 heterocycles. The maximum absolute atomic E-state index is 13.9. The van der Waals surface area contributed by atoms with E-state index < -0.39 is 11.6 Å². The zero-order valence-electron chi connectivity index (χ0n) is 21.5. The van der Waals surface area contributed by atoms with E-state index in [1.54, 1.807) is 30.2 Å². The van der Waals surface area contributed by atoms with E-state index in [0.29, 0.717) is 25.9 Å². The highest BCUT2D eigenvalue weighted by Crippen LogP contribution is 2.49. The molecule has 3 amide bonds. The monoisotopic (exact) mass is 490 g/mol. The number of aromatic hydroxyl groups is 1. The highest BCUT2D eigenvalue weighted by molar-refractivity contribution is 6.08. The number of carbonyl (C=O) groups is 2. The summed E-state index contributed by atoms with van der Waals surface area (Å²) in [6.07, 6.45) is 1.06. The van der Waals surface area contributed by atoms with Gasteiger partial charge < -0.3 is 20.1 Å². The first-order valence-corrected chi connectivity index (χ1v) is 12.4. The van der Waals surface area contributed by atoms with Crippen molar-refractivity contribution in [2.45, 2.75) is 57.7 Å². The normalized spacial score (nSPS) is 21.8. The summed E-state index contributed by atoms with van der Waals surface area (Å²) < 4.78 is 5.46. The molecule has 3 N–H and O–H groups in total. The van der Waals surface area contributed by atoms with Crippen LogP contribution in [0, 0.1) is 0 Å². The molecule has 5 rings (SSSR count). The van der Waals surface area contributed by atoms with E-state index in [-0.39, 0.29) is 23.2 Å². The lowest BCUT2D eigenvalue weighted by molar-refractivity contribution is -0.133. The largest absolute Gasteiger partial charge is 0.508 e. The third kappa shape index (κ3) is 3.89. The quantitative estimate of drug-likeness (QED) is 0.353. The number of urea groups is 1.